The van der Waals surface area contributed by atoms with Crippen molar-refractivity contribution in [1.29, 1.82) is 0 Å². The number of hydrogen-bond acceptors (Lipinski definition) is 2. The van der Waals surface area contributed by atoms with Gasteiger partial charge < -0.3 is 10.4 Å². The maximum atomic E-state index is 12.8. The maximum Gasteiger partial charge on any atom is 0.123 e. The highest BCUT2D eigenvalue weighted by Crippen LogP contribution is 2.12. The van der Waals surface area contributed by atoms with Gasteiger partial charge in [0, 0.05) is 13.1 Å². The summed E-state index contributed by atoms with van der Waals surface area (Å²) in [7, 11) is 0. The summed E-state index contributed by atoms with van der Waals surface area (Å²) in [5.74, 6) is -0.287. The molecule has 0 aliphatic carbocycles. The second kappa shape index (κ2) is 7.17. The summed E-state index contributed by atoms with van der Waals surface area (Å²) in [6.45, 7) is 3.29. The van der Waals surface area contributed by atoms with Gasteiger partial charge in [0.25, 0.3) is 0 Å². The van der Waals surface area contributed by atoms with Crippen LogP contribution in [0.25, 0.3) is 0 Å². The third-order valence-electron chi connectivity index (χ3n) is 3.35. The Morgan fingerprint density at radius 1 is 1.00 bits per heavy atom. The van der Waals surface area contributed by atoms with Gasteiger partial charge in [0.1, 0.15) is 5.82 Å². The molecule has 2 rings (SSSR count). The topological polar surface area (TPSA) is 32.3 Å². The molecular formula is C17H20FNO. The largest absolute Gasteiger partial charge is 0.387 e. The Bertz CT molecular complexity index is 522. The monoisotopic (exact) mass is 273 g/mol. The summed E-state index contributed by atoms with van der Waals surface area (Å²) in [5.41, 5.74) is 3.23. The number of aliphatic hydroxyl groups is 1. The van der Waals surface area contributed by atoms with E-state index < -0.39 is 6.10 Å². The van der Waals surface area contributed by atoms with Gasteiger partial charge >= 0.3 is 0 Å². The molecule has 0 fully saturated rings. The minimum atomic E-state index is -0.620. The zero-order valence-electron chi connectivity index (χ0n) is 11.6. The molecule has 0 aliphatic rings. The Hall–Kier alpha value is -1.71. The lowest BCUT2D eigenvalue weighted by atomic mass is 10.1. The van der Waals surface area contributed by atoms with E-state index in [4.69, 9.17) is 0 Å². The fourth-order valence-electron chi connectivity index (χ4n) is 2.05. The molecule has 2 N–H and O–H groups in total. The molecule has 2 nitrogen and oxygen atoms in total. The Labute approximate surface area is 119 Å². The van der Waals surface area contributed by atoms with Gasteiger partial charge in [0.15, 0.2) is 0 Å². The molecule has 0 bridgehead atoms. The van der Waals surface area contributed by atoms with Crippen molar-refractivity contribution in [2.24, 2.45) is 0 Å². The van der Waals surface area contributed by atoms with Crippen molar-refractivity contribution in [3.05, 3.63) is 71.0 Å². The normalized spacial score (nSPS) is 12.3. The first-order valence-corrected chi connectivity index (χ1v) is 6.91. The third kappa shape index (κ3) is 4.15. The molecule has 0 heterocycles. The molecule has 1 unspecified atom stereocenters. The number of benzene rings is 2. The summed E-state index contributed by atoms with van der Waals surface area (Å²) in [5, 5.41) is 13.2. The van der Waals surface area contributed by atoms with Gasteiger partial charge in [-0.2, -0.15) is 0 Å². The molecule has 0 spiro atoms. The molecule has 3 heteroatoms. The summed E-state index contributed by atoms with van der Waals surface area (Å²) >= 11 is 0. The van der Waals surface area contributed by atoms with E-state index in [0.29, 0.717) is 13.1 Å². The van der Waals surface area contributed by atoms with Gasteiger partial charge in [0.05, 0.1) is 6.10 Å². The van der Waals surface area contributed by atoms with Crippen LogP contribution in [0.5, 0.6) is 0 Å². The lowest BCUT2D eigenvalue weighted by Gasteiger charge is -2.12. The van der Waals surface area contributed by atoms with Crippen LogP contribution in [0.4, 0.5) is 4.39 Å². The van der Waals surface area contributed by atoms with Crippen molar-refractivity contribution in [1.82, 2.24) is 5.32 Å². The smallest absolute Gasteiger partial charge is 0.123 e. The zero-order valence-corrected chi connectivity index (χ0v) is 11.6. The lowest BCUT2D eigenvalue weighted by molar-refractivity contribution is 0.174. The van der Waals surface area contributed by atoms with Crippen molar-refractivity contribution < 1.29 is 9.50 Å². The Morgan fingerprint density at radius 3 is 2.20 bits per heavy atom. The molecule has 0 radical (unpaired) electrons. The highest BCUT2D eigenvalue weighted by Gasteiger charge is 2.06. The van der Waals surface area contributed by atoms with Gasteiger partial charge in [-0.05, 0) is 35.2 Å². The summed E-state index contributed by atoms with van der Waals surface area (Å²) in [6.07, 6.45) is 0.419. The van der Waals surface area contributed by atoms with E-state index >= 15 is 0 Å². The van der Waals surface area contributed by atoms with E-state index in [1.54, 1.807) is 12.1 Å². The van der Waals surface area contributed by atoms with Crippen LogP contribution in [-0.2, 0) is 13.0 Å². The SMILES string of the molecule is CCc1ccc(CNCC(O)c2ccc(F)cc2)cc1. The van der Waals surface area contributed by atoms with E-state index in [2.05, 4.69) is 36.5 Å². The average molecular weight is 273 g/mol. The highest BCUT2D eigenvalue weighted by molar-refractivity contribution is 5.22. The first-order valence-electron chi connectivity index (χ1n) is 6.91. The number of aliphatic hydroxyl groups excluding tert-OH is 1. The molecule has 20 heavy (non-hydrogen) atoms. The fourth-order valence-corrected chi connectivity index (χ4v) is 2.05. The molecule has 1 atom stereocenters. The predicted molar refractivity (Wildman–Crippen MR) is 78.9 cm³/mol. The van der Waals surface area contributed by atoms with Crippen LogP contribution >= 0.6 is 0 Å². The molecule has 106 valence electrons. The first kappa shape index (κ1) is 14.7. The van der Waals surface area contributed by atoms with Crippen LogP contribution in [0.3, 0.4) is 0 Å². The summed E-state index contributed by atoms with van der Waals surface area (Å²) in [4.78, 5) is 0. The summed E-state index contributed by atoms with van der Waals surface area (Å²) in [6, 6.07) is 14.4. The van der Waals surface area contributed by atoms with Crippen molar-refractivity contribution in [2.75, 3.05) is 6.54 Å². The average Bonchev–Trinajstić information content (AvgIpc) is 2.48. The highest BCUT2D eigenvalue weighted by atomic mass is 19.1. The number of rotatable bonds is 6. The molecule has 2 aromatic carbocycles. The Balaban J connectivity index is 1.81. The molecule has 0 aromatic heterocycles. The van der Waals surface area contributed by atoms with Crippen LogP contribution in [-0.4, -0.2) is 11.7 Å². The van der Waals surface area contributed by atoms with E-state index in [0.717, 1.165) is 12.0 Å². The van der Waals surface area contributed by atoms with Crippen LogP contribution in [0, 0.1) is 5.82 Å². The van der Waals surface area contributed by atoms with Crippen molar-refractivity contribution in [3.8, 4) is 0 Å². The number of halogens is 1. The van der Waals surface area contributed by atoms with Gasteiger partial charge in [-0.1, -0.05) is 43.3 Å². The van der Waals surface area contributed by atoms with Crippen LogP contribution < -0.4 is 5.32 Å². The first-order chi connectivity index (χ1) is 9.69. The molecule has 0 saturated heterocycles. The van der Waals surface area contributed by atoms with E-state index in [1.807, 2.05) is 0 Å². The maximum absolute atomic E-state index is 12.8. The number of nitrogens with one attached hydrogen (secondary N) is 1. The quantitative estimate of drug-likeness (QED) is 0.847. The predicted octanol–water partition coefficient (Wildman–Crippen LogP) is 3.21. The third-order valence-corrected chi connectivity index (χ3v) is 3.35. The Kier molecular flexibility index (Phi) is 5.27. The van der Waals surface area contributed by atoms with Gasteiger partial charge in [-0.3, -0.25) is 0 Å². The fraction of sp³-hybridized carbons (Fsp3) is 0.294. The minimum absolute atomic E-state index is 0.287. The second-order valence-electron chi connectivity index (χ2n) is 4.87. The summed E-state index contributed by atoms with van der Waals surface area (Å²) < 4.78 is 12.8. The minimum Gasteiger partial charge on any atom is -0.387 e. The van der Waals surface area contributed by atoms with E-state index in [1.165, 1.54) is 23.3 Å². The number of aryl methyl sites for hydroxylation is 1. The lowest BCUT2D eigenvalue weighted by Crippen LogP contribution is -2.21. The molecule has 2 aromatic rings. The van der Waals surface area contributed by atoms with Gasteiger partial charge in [-0.15, -0.1) is 0 Å². The van der Waals surface area contributed by atoms with E-state index in [-0.39, 0.29) is 5.82 Å². The van der Waals surface area contributed by atoms with Crippen LogP contribution in [0.15, 0.2) is 48.5 Å². The van der Waals surface area contributed by atoms with Crippen molar-refractivity contribution in [3.63, 3.8) is 0 Å². The van der Waals surface area contributed by atoms with Crippen molar-refractivity contribution >= 4 is 0 Å². The molecule has 0 aliphatic heterocycles. The standard InChI is InChI=1S/C17H20FNO/c1-2-13-3-5-14(6-4-13)11-19-12-17(20)15-7-9-16(18)10-8-15/h3-10,17,19-20H,2,11-12H2,1H3. The van der Waals surface area contributed by atoms with Gasteiger partial charge in [-0.25, -0.2) is 4.39 Å². The van der Waals surface area contributed by atoms with Crippen LogP contribution in [0.2, 0.25) is 0 Å². The van der Waals surface area contributed by atoms with E-state index in [9.17, 15) is 9.50 Å². The Morgan fingerprint density at radius 2 is 1.60 bits per heavy atom. The molecule has 0 amide bonds. The van der Waals surface area contributed by atoms with Gasteiger partial charge in [0.2, 0.25) is 0 Å². The second-order valence-corrected chi connectivity index (χ2v) is 4.87. The van der Waals surface area contributed by atoms with Crippen molar-refractivity contribution in [2.45, 2.75) is 26.0 Å². The number of hydrogen-bond donors (Lipinski definition) is 2. The molecular weight excluding hydrogens is 253 g/mol. The molecule has 0 saturated carbocycles. The zero-order chi connectivity index (χ0) is 14.4. The van der Waals surface area contributed by atoms with Crippen LogP contribution in [0.1, 0.15) is 29.7 Å².